The van der Waals surface area contributed by atoms with E-state index in [-0.39, 0.29) is 12.4 Å². The number of alkyl halides is 3. The van der Waals surface area contributed by atoms with Crippen LogP contribution in [0.3, 0.4) is 0 Å². The quantitative estimate of drug-likeness (QED) is 0.684. The molecule has 0 aliphatic rings. The molecule has 0 aliphatic carbocycles. The van der Waals surface area contributed by atoms with Gasteiger partial charge in [0.25, 0.3) is 6.43 Å². The molecule has 0 aromatic rings. The molecule has 10 heavy (non-hydrogen) atoms. The van der Waals surface area contributed by atoms with Crippen LogP contribution in [0.2, 0.25) is 0 Å². The molecule has 2 nitrogen and oxygen atoms in total. The Morgan fingerprint density at radius 3 is 1.90 bits per heavy atom. The van der Waals surface area contributed by atoms with Gasteiger partial charge in [0.05, 0.1) is 6.42 Å². The van der Waals surface area contributed by atoms with E-state index in [1.807, 2.05) is 0 Å². The molecule has 0 aliphatic heterocycles. The van der Waals surface area contributed by atoms with Crippen LogP contribution in [0.1, 0.15) is 6.42 Å². The fraction of sp³-hybridized carbons (Fsp3) is 0.750. The Morgan fingerprint density at radius 2 is 1.80 bits per heavy atom. The molecule has 0 saturated heterocycles. The van der Waals surface area contributed by atoms with E-state index < -0.39 is 24.9 Å². The van der Waals surface area contributed by atoms with Gasteiger partial charge in [0.1, 0.15) is 0 Å². The van der Waals surface area contributed by atoms with Gasteiger partial charge in [-0.3, -0.25) is 4.79 Å². The van der Waals surface area contributed by atoms with Gasteiger partial charge >= 0.3 is 0 Å². The van der Waals surface area contributed by atoms with Crippen LogP contribution in [-0.4, -0.2) is 18.5 Å². The van der Waals surface area contributed by atoms with Gasteiger partial charge in [-0.05, 0) is 0 Å². The number of halogens is 4. The highest BCUT2D eigenvalue weighted by molar-refractivity contribution is 5.85. The number of carbonyl (C=O) groups excluding carboxylic acids is 1. The van der Waals surface area contributed by atoms with Crippen LogP contribution >= 0.6 is 12.4 Å². The minimum Gasteiger partial charge on any atom is -0.370 e. The van der Waals surface area contributed by atoms with Crippen molar-refractivity contribution < 1.29 is 18.0 Å². The molecule has 6 heteroatoms. The highest BCUT2D eigenvalue weighted by Crippen LogP contribution is 2.07. The van der Waals surface area contributed by atoms with Crippen LogP contribution < -0.4 is 5.73 Å². The molecule has 0 spiro atoms. The number of amides is 1. The molecule has 0 aromatic carbocycles. The molecule has 0 radical (unpaired) electrons. The van der Waals surface area contributed by atoms with Crippen LogP contribution in [0.15, 0.2) is 0 Å². The molecule has 1 unspecified atom stereocenters. The van der Waals surface area contributed by atoms with E-state index in [2.05, 4.69) is 5.73 Å². The molecule has 0 heterocycles. The van der Waals surface area contributed by atoms with E-state index in [0.29, 0.717) is 0 Å². The van der Waals surface area contributed by atoms with Gasteiger partial charge in [-0.25, -0.2) is 13.2 Å². The maximum Gasteiger partial charge on any atom is 0.269 e. The van der Waals surface area contributed by atoms with E-state index in [0.717, 1.165) is 0 Å². The third kappa shape index (κ3) is 5.68. The summed E-state index contributed by atoms with van der Waals surface area (Å²) >= 11 is 0. The maximum atomic E-state index is 11.7. The fourth-order valence-electron chi connectivity index (χ4n) is 0.281. The van der Waals surface area contributed by atoms with Crippen molar-refractivity contribution in [2.45, 2.75) is 19.0 Å². The predicted molar refractivity (Wildman–Crippen MR) is 32.0 cm³/mol. The van der Waals surface area contributed by atoms with Crippen molar-refractivity contribution in [2.24, 2.45) is 5.73 Å². The van der Waals surface area contributed by atoms with Crippen molar-refractivity contribution in [3.05, 3.63) is 0 Å². The van der Waals surface area contributed by atoms with Gasteiger partial charge in [-0.15, -0.1) is 12.4 Å². The number of hydrogen-bond donors (Lipinski definition) is 1. The minimum atomic E-state index is -3.11. The number of primary amides is 1. The Morgan fingerprint density at radius 1 is 1.40 bits per heavy atom. The average Bonchev–Trinajstić information content (AvgIpc) is 1.63. The Hall–Kier alpha value is -0.450. The summed E-state index contributed by atoms with van der Waals surface area (Å²) in [6, 6.07) is 0. The second kappa shape index (κ2) is 5.34. The summed E-state index contributed by atoms with van der Waals surface area (Å²) in [6.45, 7) is 0. The Balaban J connectivity index is 0. The van der Waals surface area contributed by atoms with Gasteiger partial charge < -0.3 is 5.73 Å². The van der Waals surface area contributed by atoms with Crippen molar-refractivity contribution in [3.8, 4) is 0 Å². The summed E-state index contributed by atoms with van der Waals surface area (Å²) in [7, 11) is 0. The monoisotopic (exact) mass is 177 g/mol. The lowest BCUT2D eigenvalue weighted by Crippen LogP contribution is -2.22. The lowest BCUT2D eigenvalue weighted by molar-refractivity contribution is -0.120. The summed E-state index contributed by atoms with van der Waals surface area (Å²) < 4.78 is 34.1. The summed E-state index contributed by atoms with van der Waals surface area (Å²) in [5.41, 5.74) is 4.42. The Kier molecular flexibility index (Phi) is 6.54. The zero-order valence-electron chi connectivity index (χ0n) is 4.89. The molecule has 0 bridgehead atoms. The first-order valence-corrected chi connectivity index (χ1v) is 2.24. The third-order valence-electron chi connectivity index (χ3n) is 0.670. The number of carbonyl (C=O) groups is 1. The molecule has 1 amide bonds. The standard InChI is InChI=1S/C4H6F3NO.ClH/c5-2(4(6)7)1-3(8)9;/h2,4H,1H2,(H2,8,9);1H. The zero-order valence-corrected chi connectivity index (χ0v) is 5.71. The SMILES string of the molecule is Cl.NC(=O)CC(F)C(F)F. The number of rotatable bonds is 3. The molecular weight excluding hydrogens is 170 g/mol. The Labute approximate surface area is 62.0 Å². The van der Waals surface area contributed by atoms with E-state index in [4.69, 9.17) is 0 Å². The molecule has 0 fully saturated rings. The van der Waals surface area contributed by atoms with Crippen LogP contribution in [-0.2, 0) is 4.79 Å². The largest absolute Gasteiger partial charge is 0.370 e. The summed E-state index contributed by atoms with van der Waals surface area (Å²) in [5, 5.41) is 0. The topological polar surface area (TPSA) is 43.1 Å². The van der Waals surface area contributed by atoms with Crippen LogP contribution in [0.5, 0.6) is 0 Å². The number of nitrogens with two attached hydrogens (primary N) is 1. The second-order valence-corrected chi connectivity index (χ2v) is 1.52. The molecule has 62 valence electrons. The fourth-order valence-corrected chi connectivity index (χ4v) is 0.281. The minimum absolute atomic E-state index is 0. The molecule has 0 aromatic heterocycles. The van der Waals surface area contributed by atoms with E-state index in [9.17, 15) is 18.0 Å². The first-order valence-electron chi connectivity index (χ1n) is 2.24. The highest BCUT2D eigenvalue weighted by Gasteiger charge is 2.20. The van der Waals surface area contributed by atoms with Crippen molar-refractivity contribution in [3.63, 3.8) is 0 Å². The van der Waals surface area contributed by atoms with Gasteiger partial charge in [0.15, 0.2) is 6.17 Å². The van der Waals surface area contributed by atoms with Crippen LogP contribution in [0.25, 0.3) is 0 Å². The van der Waals surface area contributed by atoms with Crippen molar-refractivity contribution in [1.82, 2.24) is 0 Å². The van der Waals surface area contributed by atoms with Crippen molar-refractivity contribution in [1.29, 1.82) is 0 Å². The number of hydrogen-bond acceptors (Lipinski definition) is 1. The molecular formula is C4H7ClF3NO. The second-order valence-electron chi connectivity index (χ2n) is 1.52. The predicted octanol–water partition coefficient (Wildman–Crippen LogP) is 0.887. The van der Waals surface area contributed by atoms with Crippen molar-refractivity contribution in [2.75, 3.05) is 0 Å². The molecule has 0 saturated carbocycles. The lowest BCUT2D eigenvalue weighted by Gasteiger charge is -2.01. The summed E-state index contributed by atoms with van der Waals surface area (Å²) in [6.07, 6.45) is -6.43. The van der Waals surface area contributed by atoms with E-state index in [1.54, 1.807) is 0 Å². The highest BCUT2D eigenvalue weighted by atomic mass is 35.5. The first kappa shape index (κ1) is 12.2. The van der Waals surface area contributed by atoms with Gasteiger partial charge in [-0.2, -0.15) is 0 Å². The Bertz CT molecular complexity index is 111. The molecule has 1 atom stereocenters. The zero-order chi connectivity index (χ0) is 7.44. The van der Waals surface area contributed by atoms with Gasteiger partial charge in [0.2, 0.25) is 5.91 Å². The summed E-state index contributed by atoms with van der Waals surface area (Å²) in [5.74, 6) is -1.05. The first-order chi connectivity index (χ1) is 4.04. The summed E-state index contributed by atoms with van der Waals surface area (Å²) in [4.78, 5) is 9.76. The molecule has 2 N–H and O–H groups in total. The maximum absolute atomic E-state index is 11.7. The van der Waals surface area contributed by atoms with Crippen LogP contribution in [0, 0.1) is 0 Å². The van der Waals surface area contributed by atoms with Gasteiger partial charge in [-0.1, -0.05) is 0 Å². The van der Waals surface area contributed by atoms with E-state index >= 15 is 0 Å². The van der Waals surface area contributed by atoms with Gasteiger partial charge in [0, 0.05) is 0 Å². The lowest BCUT2D eigenvalue weighted by atomic mass is 10.3. The third-order valence-corrected chi connectivity index (χ3v) is 0.670. The average molecular weight is 178 g/mol. The van der Waals surface area contributed by atoms with Crippen LogP contribution in [0.4, 0.5) is 13.2 Å². The smallest absolute Gasteiger partial charge is 0.269 e. The normalized spacial score (nSPS) is 12.4. The van der Waals surface area contributed by atoms with Crippen molar-refractivity contribution >= 4 is 18.3 Å². The molecule has 0 rings (SSSR count). The van der Waals surface area contributed by atoms with E-state index in [1.165, 1.54) is 0 Å².